The molecule has 1 aromatic heterocycles. The topological polar surface area (TPSA) is 28.7 Å². The lowest BCUT2D eigenvalue weighted by molar-refractivity contribution is 0.811. The fraction of sp³-hybridized carbons (Fsp3) is 0.308. The van der Waals surface area contributed by atoms with Crippen LogP contribution >= 0.6 is 0 Å². The summed E-state index contributed by atoms with van der Waals surface area (Å²) < 4.78 is 0. The molecular formula is C13H16N2. The summed E-state index contributed by atoms with van der Waals surface area (Å²) in [5.74, 6) is 0.496. The second-order valence-electron chi connectivity index (χ2n) is 4.23. The molecule has 1 heterocycles. The Morgan fingerprint density at radius 3 is 2.60 bits per heavy atom. The van der Waals surface area contributed by atoms with Crippen molar-refractivity contribution in [3.8, 4) is 11.3 Å². The SMILES string of the molecule is Cc1cccc(-c2cc(C(C)C)[nH]n2)c1. The predicted octanol–water partition coefficient (Wildman–Crippen LogP) is 3.51. The number of rotatable bonds is 2. The van der Waals surface area contributed by atoms with Gasteiger partial charge in [0.2, 0.25) is 0 Å². The Labute approximate surface area is 90.3 Å². The van der Waals surface area contributed by atoms with Gasteiger partial charge in [-0.3, -0.25) is 5.10 Å². The molecule has 0 amide bonds. The van der Waals surface area contributed by atoms with Crippen LogP contribution in [0.2, 0.25) is 0 Å². The third kappa shape index (κ3) is 2.09. The highest BCUT2D eigenvalue weighted by atomic mass is 15.1. The van der Waals surface area contributed by atoms with Crippen LogP contribution in [0.5, 0.6) is 0 Å². The van der Waals surface area contributed by atoms with Crippen LogP contribution in [0.15, 0.2) is 30.3 Å². The van der Waals surface area contributed by atoms with Crippen molar-refractivity contribution in [3.63, 3.8) is 0 Å². The van der Waals surface area contributed by atoms with Crippen molar-refractivity contribution in [2.45, 2.75) is 26.7 Å². The fourth-order valence-corrected chi connectivity index (χ4v) is 1.58. The molecule has 2 rings (SSSR count). The van der Waals surface area contributed by atoms with Crippen LogP contribution in [0, 0.1) is 6.92 Å². The summed E-state index contributed by atoms with van der Waals surface area (Å²) in [6.45, 7) is 6.42. The second-order valence-corrected chi connectivity index (χ2v) is 4.23. The number of H-pyrrole nitrogens is 1. The van der Waals surface area contributed by atoms with E-state index in [9.17, 15) is 0 Å². The summed E-state index contributed by atoms with van der Waals surface area (Å²) in [5, 5.41) is 7.40. The molecule has 15 heavy (non-hydrogen) atoms. The highest BCUT2D eigenvalue weighted by Crippen LogP contribution is 2.21. The first-order chi connectivity index (χ1) is 7.16. The van der Waals surface area contributed by atoms with Crippen molar-refractivity contribution < 1.29 is 0 Å². The molecule has 0 radical (unpaired) electrons. The zero-order valence-corrected chi connectivity index (χ0v) is 9.41. The molecule has 0 aliphatic rings. The Hall–Kier alpha value is -1.57. The average molecular weight is 200 g/mol. The Bertz CT molecular complexity index is 455. The Kier molecular flexibility index (Phi) is 2.58. The van der Waals surface area contributed by atoms with Gasteiger partial charge in [-0.2, -0.15) is 5.10 Å². The first-order valence-electron chi connectivity index (χ1n) is 5.29. The van der Waals surface area contributed by atoms with Crippen molar-refractivity contribution in [3.05, 3.63) is 41.6 Å². The highest BCUT2D eigenvalue weighted by Gasteiger charge is 2.06. The molecule has 1 N–H and O–H groups in total. The molecule has 0 aliphatic carbocycles. The molecule has 2 heteroatoms. The van der Waals surface area contributed by atoms with Crippen LogP contribution in [-0.2, 0) is 0 Å². The smallest absolute Gasteiger partial charge is 0.0923 e. The zero-order chi connectivity index (χ0) is 10.8. The Balaban J connectivity index is 2.37. The molecule has 78 valence electrons. The van der Waals surface area contributed by atoms with E-state index in [-0.39, 0.29) is 0 Å². The van der Waals surface area contributed by atoms with Gasteiger partial charge in [-0.15, -0.1) is 0 Å². The lowest BCUT2D eigenvalue weighted by Crippen LogP contribution is -1.85. The normalized spacial score (nSPS) is 10.9. The molecule has 1 aromatic carbocycles. The number of benzene rings is 1. The van der Waals surface area contributed by atoms with Gasteiger partial charge in [0.15, 0.2) is 0 Å². The van der Waals surface area contributed by atoms with Crippen molar-refractivity contribution in [1.82, 2.24) is 10.2 Å². The summed E-state index contributed by atoms with van der Waals surface area (Å²) in [6, 6.07) is 10.5. The minimum atomic E-state index is 0.496. The summed E-state index contributed by atoms with van der Waals surface area (Å²) in [7, 11) is 0. The summed E-state index contributed by atoms with van der Waals surface area (Å²) >= 11 is 0. The van der Waals surface area contributed by atoms with Crippen molar-refractivity contribution in [2.75, 3.05) is 0 Å². The van der Waals surface area contributed by atoms with Crippen LogP contribution in [0.3, 0.4) is 0 Å². The molecule has 0 atom stereocenters. The largest absolute Gasteiger partial charge is 0.282 e. The molecule has 0 bridgehead atoms. The summed E-state index contributed by atoms with van der Waals surface area (Å²) in [5.41, 5.74) is 4.66. The standard InChI is InChI=1S/C13H16N2/c1-9(2)12-8-13(15-14-12)11-6-4-5-10(3)7-11/h4-9H,1-3H3,(H,14,15). The highest BCUT2D eigenvalue weighted by molar-refractivity contribution is 5.60. The van der Waals surface area contributed by atoms with Gasteiger partial charge in [0.25, 0.3) is 0 Å². The van der Waals surface area contributed by atoms with Gasteiger partial charge in [-0.25, -0.2) is 0 Å². The van der Waals surface area contributed by atoms with Crippen LogP contribution in [-0.4, -0.2) is 10.2 Å². The first-order valence-corrected chi connectivity index (χ1v) is 5.29. The van der Waals surface area contributed by atoms with Crippen LogP contribution in [0.4, 0.5) is 0 Å². The van der Waals surface area contributed by atoms with Gasteiger partial charge in [0, 0.05) is 11.3 Å². The van der Waals surface area contributed by atoms with E-state index in [0.29, 0.717) is 5.92 Å². The average Bonchev–Trinajstić information content (AvgIpc) is 2.66. The summed E-state index contributed by atoms with van der Waals surface area (Å²) in [6.07, 6.45) is 0. The maximum atomic E-state index is 4.32. The molecule has 0 aliphatic heterocycles. The van der Waals surface area contributed by atoms with Crippen LogP contribution in [0.25, 0.3) is 11.3 Å². The van der Waals surface area contributed by atoms with E-state index < -0.39 is 0 Å². The van der Waals surface area contributed by atoms with Gasteiger partial charge in [0.1, 0.15) is 0 Å². The van der Waals surface area contributed by atoms with E-state index in [2.05, 4.69) is 61.3 Å². The Morgan fingerprint density at radius 1 is 1.20 bits per heavy atom. The molecule has 0 unspecified atom stereocenters. The monoisotopic (exact) mass is 200 g/mol. The van der Waals surface area contributed by atoms with Gasteiger partial charge in [-0.05, 0) is 25.0 Å². The lowest BCUT2D eigenvalue weighted by atomic mass is 10.1. The first kappa shape index (κ1) is 9.97. The van der Waals surface area contributed by atoms with E-state index in [1.54, 1.807) is 0 Å². The molecule has 2 aromatic rings. The second kappa shape index (κ2) is 3.89. The molecule has 0 saturated heterocycles. The minimum Gasteiger partial charge on any atom is -0.282 e. The van der Waals surface area contributed by atoms with Gasteiger partial charge >= 0.3 is 0 Å². The fourth-order valence-electron chi connectivity index (χ4n) is 1.58. The molecule has 2 nitrogen and oxygen atoms in total. The Morgan fingerprint density at radius 2 is 2.00 bits per heavy atom. The van der Waals surface area contributed by atoms with Gasteiger partial charge in [-0.1, -0.05) is 37.6 Å². The number of aromatic nitrogens is 2. The summed E-state index contributed by atoms with van der Waals surface area (Å²) in [4.78, 5) is 0. The van der Waals surface area contributed by atoms with Crippen LogP contribution in [0.1, 0.15) is 31.0 Å². The lowest BCUT2D eigenvalue weighted by Gasteiger charge is -1.98. The number of nitrogens with one attached hydrogen (secondary N) is 1. The predicted molar refractivity (Wildman–Crippen MR) is 62.8 cm³/mol. The van der Waals surface area contributed by atoms with E-state index in [1.807, 2.05) is 0 Å². The number of nitrogens with zero attached hydrogens (tertiary/aromatic N) is 1. The quantitative estimate of drug-likeness (QED) is 0.789. The van der Waals surface area contributed by atoms with Crippen LogP contribution < -0.4 is 0 Å². The third-order valence-corrected chi connectivity index (χ3v) is 2.53. The minimum absolute atomic E-state index is 0.496. The van der Waals surface area contributed by atoms with E-state index >= 15 is 0 Å². The number of aryl methyl sites for hydroxylation is 1. The van der Waals surface area contributed by atoms with E-state index in [4.69, 9.17) is 0 Å². The number of hydrogen-bond donors (Lipinski definition) is 1. The van der Waals surface area contributed by atoms with Gasteiger partial charge in [0.05, 0.1) is 5.69 Å². The van der Waals surface area contributed by atoms with Crippen molar-refractivity contribution in [1.29, 1.82) is 0 Å². The molecule has 0 fully saturated rings. The number of hydrogen-bond acceptors (Lipinski definition) is 1. The van der Waals surface area contributed by atoms with E-state index in [1.165, 1.54) is 16.8 Å². The maximum Gasteiger partial charge on any atom is 0.0923 e. The zero-order valence-electron chi connectivity index (χ0n) is 9.41. The van der Waals surface area contributed by atoms with E-state index in [0.717, 1.165) is 5.69 Å². The van der Waals surface area contributed by atoms with Gasteiger partial charge < -0.3 is 0 Å². The van der Waals surface area contributed by atoms with Crippen molar-refractivity contribution in [2.24, 2.45) is 0 Å². The molecule has 0 spiro atoms. The van der Waals surface area contributed by atoms with Crippen molar-refractivity contribution >= 4 is 0 Å². The molecule has 0 saturated carbocycles. The third-order valence-electron chi connectivity index (χ3n) is 2.53. The molecular weight excluding hydrogens is 184 g/mol. The number of aromatic amines is 1. The maximum absolute atomic E-state index is 4.32.